The summed E-state index contributed by atoms with van der Waals surface area (Å²) in [6.07, 6.45) is 4.61. The number of amides is 1. The number of anilines is 1. The van der Waals surface area contributed by atoms with Gasteiger partial charge in [-0.3, -0.25) is 9.59 Å². The summed E-state index contributed by atoms with van der Waals surface area (Å²) in [5.74, 6) is 0.763. The Labute approximate surface area is 132 Å². The van der Waals surface area contributed by atoms with Crippen LogP contribution in [-0.2, 0) is 4.79 Å². The monoisotopic (exact) mass is 305 g/mol. The smallest absolute Gasteiger partial charge is 0.228 e. The number of fused-ring (bicyclic) bond motifs is 1. The highest BCUT2D eigenvalue weighted by Crippen LogP contribution is 2.31. The van der Waals surface area contributed by atoms with Gasteiger partial charge in [0.25, 0.3) is 0 Å². The number of hydrogen-bond donors (Lipinski definition) is 1. The summed E-state index contributed by atoms with van der Waals surface area (Å²) in [5, 5.41) is 7.28. The standard InChI is InChI=1S/C18H15N3O2/c22-11-12-3-5-13(6-4-12)15-2-1-9-21-16(15)10-17(20-21)19-18(23)14-7-8-14/h1-6,9-11,14H,7-8H2,(H,19,20,23). The van der Waals surface area contributed by atoms with E-state index in [2.05, 4.69) is 10.4 Å². The first-order valence-electron chi connectivity index (χ1n) is 7.59. The van der Waals surface area contributed by atoms with E-state index in [1.54, 1.807) is 16.6 Å². The number of aldehydes is 1. The maximum atomic E-state index is 11.9. The lowest BCUT2D eigenvalue weighted by Gasteiger charge is -2.04. The quantitative estimate of drug-likeness (QED) is 0.753. The first-order chi connectivity index (χ1) is 11.2. The Hall–Kier alpha value is -2.95. The van der Waals surface area contributed by atoms with E-state index in [-0.39, 0.29) is 11.8 Å². The molecule has 1 fully saturated rings. The van der Waals surface area contributed by atoms with Gasteiger partial charge in [-0.05, 0) is 24.5 Å². The van der Waals surface area contributed by atoms with Crippen molar-refractivity contribution in [1.82, 2.24) is 9.61 Å². The van der Waals surface area contributed by atoms with Crippen LogP contribution in [0.3, 0.4) is 0 Å². The molecule has 0 bridgehead atoms. The summed E-state index contributed by atoms with van der Waals surface area (Å²) in [6.45, 7) is 0. The summed E-state index contributed by atoms with van der Waals surface area (Å²) in [6, 6.07) is 13.2. The van der Waals surface area contributed by atoms with Crippen molar-refractivity contribution in [3.8, 4) is 11.1 Å². The van der Waals surface area contributed by atoms with Gasteiger partial charge in [0.05, 0.1) is 5.52 Å². The van der Waals surface area contributed by atoms with Crippen molar-refractivity contribution in [3.63, 3.8) is 0 Å². The van der Waals surface area contributed by atoms with Crippen LogP contribution in [0.25, 0.3) is 16.6 Å². The Morgan fingerprint density at radius 1 is 1.22 bits per heavy atom. The molecule has 0 radical (unpaired) electrons. The molecule has 0 atom stereocenters. The molecule has 0 aliphatic heterocycles. The van der Waals surface area contributed by atoms with Gasteiger partial charge in [-0.2, -0.15) is 5.10 Å². The fourth-order valence-electron chi connectivity index (χ4n) is 2.64. The second-order valence-electron chi connectivity index (χ2n) is 5.78. The van der Waals surface area contributed by atoms with E-state index in [0.29, 0.717) is 11.4 Å². The number of hydrogen-bond acceptors (Lipinski definition) is 3. The minimum Gasteiger partial charge on any atom is -0.309 e. The number of pyridine rings is 1. The Balaban J connectivity index is 1.72. The maximum absolute atomic E-state index is 11.9. The van der Waals surface area contributed by atoms with E-state index >= 15 is 0 Å². The fourth-order valence-corrected chi connectivity index (χ4v) is 2.64. The van der Waals surface area contributed by atoms with Crippen LogP contribution in [0.1, 0.15) is 23.2 Å². The molecule has 0 saturated heterocycles. The zero-order valence-corrected chi connectivity index (χ0v) is 12.4. The Morgan fingerprint density at radius 2 is 2.00 bits per heavy atom. The van der Waals surface area contributed by atoms with Crippen LogP contribution in [0.4, 0.5) is 5.82 Å². The summed E-state index contributed by atoms with van der Waals surface area (Å²) >= 11 is 0. The number of carbonyl (C=O) groups is 2. The molecule has 1 aromatic carbocycles. The molecule has 23 heavy (non-hydrogen) atoms. The van der Waals surface area contributed by atoms with Crippen LogP contribution in [0.5, 0.6) is 0 Å². The number of nitrogens with zero attached hydrogens (tertiary/aromatic N) is 2. The molecule has 1 aliphatic carbocycles. The average molecular weight is 305 g/mol. The number of nitrogens with one attached hydrogen (secondary N) is 1. The lowest BCUT2D eigenvalue weighted by Crippen LogP contribution is -2.13. The highest BCUT2D eigenvalue weighted by Gasteiger charge is 2.30. The van der Waals surface area contributed by atoms with E-state index in [1.165, 1.54) is 0 Å². The van der Waals surface area contributed by atoms with E-state index in [4.69, 9.17) is 0 Å². The van der Waals surface area contributed by atoms with Crippen molar-refractivity contribution in [1.29, 1.82) is 0 Å². The third-order valence-corrected chi connectivity index (χ3v) is 4.06. The van der Waals surface area contributed by atoms with Gasteiger partial charge in [0.1, 0.15) is 6.29 Å². The minimum absolute atomic E-state index is 0.0466. The SMILES string of the molecule is O=Cc1ccc(-c2cccn3nc(NC(=O)C4CC4)cc23)cc1. The summed E-state index contributed by atoms with van der Waals surface area (Å²) in [7, 11) is 0. The minimum atomic E-state index is 0.0466. The molecule has 0 spiro atoms. The van der Waals surface area contributed by atoms with Crippen molar-refractivity contribution in [2.45, 2.75) is 12.8 Å². The maximum Gasteiger partial charge on any atom is 0.228 e. The van der Waals surface area contributed by atoms with E-state index < -0.39 is 0 Å². The van der Waals surface area contributed by atoms with Gasteiger partial charge >= 0.3 is 0 Å². The molecule has 4 rings (SSSR count). The Bertz CT molecular complexity index is 892. The molecular weight excluding hydrogens is 290 g/mol. The van der Waals surface area contributed by atoms with Crippen molar-refractivity contribution in [2.24, 2.45) is 5.92 Å². The highest BCUT2D eigenvalue weighted by atomic mass is 16.2. The van der Waals surface area contributed by atoms with Crippen LogP contribution in [0.15, 0.2) is 48.7 Å². The molecule has 3 aromatic rings. The van der Waals surface area contributed by atoms with Gasteiger partial charge < -0.3 is 5.32 Å². The lowest BCUT2D eigenvalue weighted by molar-refractivity contribution is -0.117. The zero-order chi connectivity index (χ0) is 15.8. The van der Waals surface area contributed by atoms with Crippen molar-refractivity contribution in [2.75, 3.05) is 5.32 Å². The predicted octanol–water partition coefficient (Wildman–Crippen LogP) is 3.16. The molecule has 1 aliphatic rings. The van der Waals surface area contributed by atoms with Gasteiger partial charge in [-0.1, -0.05) is 30.3 Å². The number of benzene rings is 1. The zero-order valence-electron chi connectivity index (χ0n) is 12.4. The second kappa shape index (κ2) is 5.35. The molecule has 1 N–H and O–H groups in total. The largest absolute Gasteiger partial charge is 0.309 e. The first-order valence-corrected chi connectivity index (χ1v) is 7.59. The average Bonchev–Trinajstić information content (AvgIpc) is 3.35. The number of carbonyl (C=O) groups excluding carboxylic acids is 2. The lowest BCUT2D eigenvalue weighted by atomic mass is 10.0. The molecule has 0 unspecified atom stereocenters. The fraction of sp³-hybridized carbons (Fsp3) is 0.167. The third-order valence-electron chi connectivity index (χ3n) is 4.06. The van der Waals surface area contributed by atoms with Crippen molar-refractivity contribution >= 4 is 23.5 Å². The third kappa shape index (κ3) is 2.61. The Kier molecular flexibility index (Phi) is 3.19. The van der Waals surface area contributed by atoms with E-state index in [1.807, 2.05) is 36.5 Å². The summed E-state index contributed by atoms with van der Waals surface area (Å²) < 4.78 is 1.76. The van der Waals surface area contributed by atoms with Crippen molar-refractivity contribution in [3.05, 3.63) is 54.2 Å². The van der Waals surface area contributed by atoms with E-state index in [0.717, 1.165) is 35.8 Å². The van der Waals surface area contributed by atoms with Gasteiger partial charge in [0, 0.05) is 29.3 Å². The molecular formula is C18H15N3O2. The molecule has 2 heterocycles. The van der Waals surface area contributed by atoms with Gasteiger partial charge in [-0.25, -0.2) is 4.52 Å². The molecule has 1 saturated carbocycles. The van der Waals surface area contributed by atoms with Gasteiger partial charge in [0.2, 0.25) is 5.91 Å². The van der Waals surface area contributed by atoms with Gasteiger partial charge in [0.15, 0.2) is 5.82 Å². The van der Waals surface area contributed by atoms with Crippen LogP contribution in [0, 0.1) is 5.92 Å². The second-order valence-corrected chi connectivity index (χ2v) is 5.78. The van der Waals surface area contributed by atoms with Crippen LogP contribution < -0.4 is 5.32 Å². The molecule has 2 aromatic heterocycles. The topological polar surface area (TPSA) is 63.5 Å². The van der Waals surface area contributed by atoms with Crippen LogP contribution in [0.2, 0.25) is 0 Å². The molecule has 5 nitrogen and oxygen atoms in total. The number of rotatable bonds is 4. The summed E-state index contributed by atoms with van der Waals surface area (Å²) in [4.78, 5) is 22.7. The summed E-state index contributed by atoms with van der Waals surface area (Å²) in [5.41, 5.74) is 3.56. The normalized spacial score (nSPS) is 13.9. The van der Waals surface area contributed by atoms with Crippen molar-refractivity contribution < 1.29 is 9.59 Å². The van der Waals surface area contributed by atoms with Gasteiger partial charge in [-0.15, -0.1) is 0 Å². The van der Waals surface area contributed by atoms with E-state index in [9.17, 15) is 9.59 Å². The van der Waals surface area contributed by atoms with Crippen LogP contribution >= 0.6 is 0 Å². The molecule has 114 valence electrons. The highest BCUT2D eigenvalue weighted by molar-refractivity contribution is 5.94. The van der Waals surface area contributed by atoms with Crippen LogP contribution in [-0.4, -0.2) is 21.8 Å². The first kappa shape index (κ1) is 13.7. The predicted molar refractivity (Wildman–Crippen MR) is 87.4 cm³/mol. The number of aromatic nitrogens is 2. The Morgan fingerprint density at radius 3 is 2.70 bits per heavy atom. The molecule has 1 amide bonds. The molecule has 5 heteroatoms.